The third-order valence-corrected chi connectivity index (χ3v) is 10.1. The molecule has 0 aromatic rings. The molecule has 0 N–H and O–H groups in total. The molecule has 4 aliphatic carbocycles. The molecule has 0 heteroatoms. The minimum Gasteiger partial charge on any atom is -0.0845 e. The second-order valence-electron chi connectivity index (χ2n) is 11.5. The van der Waals surface area contributed by atoms with E-state index in [2.05, 4.69) is 40.7 Å². The Labute approximate surface area is 163 Å². The fourth-order valence-electron chi connectivity index (χ4n) is 8.55. The van der Waals surface area contributed by atoms with E-state index in [9.17, 15) is 0 Å². The fraction of sp³-hybridized carbons (Fsp3) is 0.923. The van der Waals surface area contributed by atoms with Crippen LogP contribution in [0, 0.1) is 46.3 Å². The van der Waals surface area contributed by atoms with Gasteiger partial charge in [0.15, 0.2) is 0 Å². The molecule has 0 nitrogen and oxygen atoms in total. The quantitative estimate of drug-likeness (QED) is 0.447. The predicted octanol–water partition coefficient (Wildman–Crippen LogP) is 8.03. The van der Waals surface area contributed by atoms with E-state index in [1.807, 2.05) is 5.57 Å². The number of hydrogen-bond donors (Lipinski definition) is 0. The first-order valence-corrected chi connectivity index (χ1v) is 12.1. The van der Waals surface area contributed by atoms with Crippen LogP contribution in [0.3, 0.4) is 0 Å². The minimum absolute atomic E-state index is 0.558. The minimum atomic E-state index is 0.558. The van der Waals surface area contributed by atoms with E-state index in [-0.39, 0.29) is 0 Å². The molecule has 3 fully saturated rings. The van der Waals surface area contributed by atoms with Crippen molar-refractivity contribution in [1.82, 2.24) is 0 Å². The number of rotatable bonds is 4. The first-order valence-electron chi connectivity index (χ1n) is 12.1. The molecule has 0 amide bonds. The molecule has 5 unspecified atom stereocenters. The molecule has 0 spiro atoms. The van der Waals surface area contributed by atoms with E-state index in [0.717, 1.165) is 35.5 Å². The number of allylic oxidation sites excluding steroid dienone is 2. The van der Waals surface area contributed by atoms with Gasteiger partial charge < -0.3 is 0 Å². The van der Waals surface area contributed by atoms with Crippen LogP contribution in [0.25, 0.3) is 0 Å². The molecule has 3 saturated carbocycles. The maximum absolute atomic E-state index is 2.75. The van der Waals surface area contributed by atoms with Gasteiger partial charge in [-0.15, -0.1) is 0 Å². The maximum atomic E-state index is 2.75. The molecule has 26 heavy (non-hydrogen) atoms. The van der Waals surface area contributed by atoms with Gasteiger partial charge in [-0.3, -0.25) is 0 Å². The molecule has 0 aromatic carbocycles. The Morgan fingerprint density at radius 1 is 1.08 bits per heavy atom. The van der Waals surface area contributed by atoms with Crippen LogP contribution >= 0.6 is 0 Å². The van der Waals surface area contributed by atoms with Gasteiger partial charge in [0, 0.05) is 0 Å². The molecule has 8 atom stereocenters. The predicted molar refractivity (Wildman–Crippen MR) is 113 cm³/mol. The molecule has 0 heterocycles. The second-order valence-corrected chi connectivity index (χ2v) is 11.5. The normalized spacial score (nSPS) is 49.0. The van der Waals surface area contributed by atoms with Crippen molar-refractivity contribution in [2.75, 3.05) is 0 Å². The highest BCUT2D eigenvalue weighted by Gasteiger charge is 2.58. The van der Waals surface area contributed by atoms with Crippen molar-refractivity contribution in [3.05, 3.63) is 11.6 Å². The van der Waals surface area contributed by atoms with Crippen LogP contribution in [0.4, 0.5) is 0 Å². The van der Waals surface area contributed by atoms with Crippen LogP contribution in [0.2, 0.25) is 0 Å². The van der Waals surface area contributed by atoms with Gasteiger partial charge >= 0.3 is 0 Å². The third kappa shape index (κ3) is 2.84. The van der Waals surface area contributed by atoms with Gasteiger partial charge in [0.2, 0.25) is 0 Å². The summed E-state index contributed by atoms with van der Waals surface area (Å²) in [5.41, 5.74) is 3.08. The molecular weight excluding hydrogens is 312 g/mol. The smallest absolute Gasteiger partial charge is 0.00851 e. The Morgan fingerprint density at radius 3 is 2.65 bits per heavy atom. The fourth-order valence-corrected chi connectivity index (χ4v) is 8.55. The van der Waals surface area contributed by atoms with Crippen molar-refractivity contribution in [1.29, 1.82) is 0 Å². The summed E-state index contributed by atoms with van der Waals surface area (Å²) in [6.07, 6.45) is 18.9. The van der Waals surface area contributed by atoms with Crippen molar-refractivity contribution in [2.24, 2.45) is 46.3 Å². The Balaban J connectivity index is 1.56. The van der Waals surface area contributed by atoms with Crippen molar-refractivity contribution < 1.29 is 0 Å². The summed E-state index contributed by atoms with van der Waals surface area (Å²) in [6, 6.07) is 0. The molecule has 0 aliphatic heterocycles. The summed E-state index contributed by atoms with van der Waals surface area (Å²) in [6.45, 7) is 12.8. The number of unbranched alkanes of at least 4 members (excludes halogenated alkanes) is 1. The summed E-state index contributed by atoms with van der Waals surface area (Å²) in [4.78, 5) is 0. The van der Waals surface area contributed by atoms with Crippen molar-refractivity contribution in [3.63, 3.8) is 0 Å². The summed E-state index contributed by atoms with van der Waals surface area (Å²) < 4.78 is 0. The van der Waals surface area contributed by atoms with Gasteiger partial charge in [-0.1, -0.05) is 65.5 Å². The Kier molecular flexibility index (Phi) is 5.11. The largest absolute Gasteiger partial charge is 0.0845 e. The molecular formula is C26H44. The van der Waals surface area contributed by atoms with E-state index >= 15 is 0 Å². The summed E-state index contributed by atoms with van der Waals surface area (Å²) >= 11 is 0. The zero-order chi connectivity index (χ0) is 18.5. The van der Waals surface area contributed by atoms with Crippen molar-refractivity contribution in [2.45, 2.75) is 105 Å². The molecule has 0 aromatic heterocycles. The van der Waals surface area contributed by atoms with Gasteiger partial charge in [-0.25, -0.2) is 0 Å². The molecule has 0 bridgehead atoms. The third-order valence-electron chi connectivity index (χ3n) is 10.1. The van der Waals surface area contributed by atoms with E-state index in [1.165, 1.54) is 70.6 Å². The van der Waals surface area contributed by atoms with Crippen LogP contribution in [0.1, 0.15) is 105 Å². The summed E-state index contributed by atoms with van der Waals surface area (Å²) in [5, 5.41) is 0. The van der Waals surface area contributed by atoms with Crippen LogP contribution in [-0.2, 0) is 0 Å². The van der Waals surface area contributed by atoms with E-state index in [0.29, 0.717) is 10.8 Å². The lowest BCUT2D eigenvalue weighted by molar-refractivity contribution is -0.0522. The summed E-state index contributed by atoms with van der Waals surface area (Å²) in [7, 11) is 0. The van der Waals surface area contributed by atoms with Crippen LogP contribution in [0.5, 0.6) is 0 Å². The average Bonchev–Trinajstić information content (AvgIpc) is 2.97. The Morgan fingerprint density at radius 2 is 1.88 bits per heavy atom. The van der Waals surface area contributed by atoms with Crippen molar-refractivity contribution in [3.8, 4) is 0 Å². The molecule has 4 aliphatic rings. The maximum Gasteiger partial charge on any atom is -0.00851 e. The van der Waals surface area contributed by atoms with Crippen molar-refractivity contribution >= 4 is 0 Å². The van der Waals surface area contributed by atoms with Gasteiger partial charge in [-0.05, 0) is 97.7 Å². The topological polar surface area (TPSA) is 0 Å². The highest BCUT2D eigenvalue weighted by molar-refractivity contribution is 5.25. The van der Waals surface area contributed by atoms with E-state index in [1.54, 1.807) is 0 Å². The lowest BCUT2D eigenvalue weighted by atomic mass is 9.46. The zero-order valence-electron chi connectivity index (χ0n) is 18.3. The molecule has 148 valence electrons. The lowest BCUT2D eigenvalue weighted by Crippen LogP contribution is -2.50. The van der Waals surface area contributed by atoms with Gasteiger partial charge in [0.25, 0.3) is 0 Å². The first kappa shape index (κ1) is 19.1. The second kappa shape index (κ2) is 6.97. The standard InChI is InChI=1S/C26H44/c1-6-7-8-19(3)22-11-12-23-21-10-9-20-17-18(2)13-15-25(20,4)24(21)14-16-26(22,23)5/h9,18-19,21-24H,6-8,10-17H2,1-5H3/t18?,19?,21?,22-,23?,24?,25+,26-/m1/s1. The van der Waals surface area contributed by atoms with Crippen LogP contribution in [-0.4, -0.2) is 0 Å². The van der Waals surface area contributed by atoms with Gasteiger partial charge in [0.1, 0.15) is 0 Å². The van der Waals surface area contributed by atoms with E-state index < -0.39 is 0 Å². The number of hydrogen-bond acceptors (Lipinski definition) is 0. The average molecular weight is 357 g/mol. The van der Waals surface area contributed by atoms with Gasteiger partial charge in [-0.2, -0.15) is 0 Å². The Hall–Kier alpha value is -0.260. The highest BCUT2D eigenvalue weighted by Crippen LogP contribution is 2.67. The molecule has 0 saturated heterocycles. The van der Waals surface area contributed by atoms with Crippen LogP contribution < -0.4 is 0 Å². The van der Waals surface area contributed by atoms with E-state index in [4.69, 9.17) is 0 Å². The Bertz CT molecular complexity index is 544. The monoisotopic (exact) mass is 356 g/mol. The zero-order valence-corrected chi connectivity index (χ0v) is 18.3. The summed E-state index contributed by atoms with van der Waals surface area (Å²) in [5.74, 6) is 5.89. The first-order chi connectivity index (χ1) is 12.4. The molecule has 0 radical (unpaired) electrons. The lowest BCUT2D eigenvalue weighted by Gasteiger charge is -2.58. The van der Waals surface area contributed by atoms with Gasteiger partial charge in [0.05, 0.1) is 0 Å². The van der Waals surface area contributed by atoms with Crippen LogP contribution in [0.15, 0.2) is 11.6 Å². The highest BCUT2D eigenvalue weighted by atomic mass is 14.6. The number of fused-ring (bicyclic) bond motifs is 5. The molecule has 4 rings (SSSR count). The SMILES string of the molecule is CCCCC(C)[C@H]1CCC2C3CC=C4CC(C)CC[C@]4(C)C3CC[C@@]21C.